The Hall–Kier alpha value is -2.65. The van der Waals surface area contributed by atoms with Crippen LogP contribution in [-0.4, -0.2) is 50.0 Å². The minimum atomic E-state index is -3.64. The first-order valence-corrected chi connectivity index (χ1v) is 15.3. The van der Waals surface area contributed by atoms with Gasteiger partial charge in [0.05, 0.1) is 11.9 Å². The fourth-order valence-corrected chi connectivity index (χ4v) is 5.98. The van der Waals surface area contributed by atoms with Crippen molar-refractivity contribution < 1.29 is 22.4 Å². The van der Waals surface area contributed by atoms with E-state index in [1.54, 1.807) is 50.2 Å². The summed E-state index contributed by atoms with van der Waals surface area (Å²) in [7, 11) is -3.64. The molecule has 1 fully saturated rings. The number of aryl methyl sites for hydroxylation is 1. The van der Waals surface area contributed by atoms with Crippen molar-refractivity contribution >= 4 is 39.1 Å². The van der Waals surface area contributed by atoms with E-state index in [0.29, 0.717) is 16.3 Å². The summed E-state index contributed by atoms with van der Waals surface area (Å²) in [4.78, 5) is 27.9. The zero-order valence-electron chi connectivity index (χ0n) is 22.3. The Kier molecular flexibility index (Phi) is 10.6. The van der Waals surface area contributed by atoms with Crippen LogP contribution in [0.1, 0.15) is 63.0 Å². The molecule has 0 saturated heterocycles. The van der Waals surface area contributed by atoms with Gasteiger partial charge < -0.3 is 10.2 Å². The normalized spacial score (nSPS) is 15.1. The summed E-state index contributed by atoms with van der Waals surface area (Å²) < 4.78 is 40.8. The average molecular weight is 566 g/mol. The summed E-state index contributed by atoms with van der Waals surface area (Å²) >= 11 is 6.11. The second-order valence-corrected chi connectivity index (χ2v) is 12.3. The number of amides is 2. The van der Waals surface area contributed by atoms with E-state index < -0.39 is 21.9 Å². The molecule has 1 atom stereocenters. The number of anilines is 1. The third kappa shape index (κ3) is 8.17. The van der Waals surface area contributed by atoms with Gasteiger partial charge in [-0.2, -0.15) is 0 Å². The second kappa shape index (κ2) is 13.4. The highest BCUT2D eigenvalue weighted by molar-refractivity contribution is 7.92. The van der Waals surface area contributed by atoms with Gasteiger partial charge in [-0.25, -0.2) is 12.8 Å². The average Bonchev–Trinajstić information content (AvgIpc) is 2.87. The molecule has 7 nitrogen and oxygen atoms in total. The molecule has 2 amide bonds. The Morgan fingerprint density at radius 1 is 1.13 bits per heavy atom. The lowest BCUT2D eigenvalue weighted by molar-refractivity contribution is -0.141. The Morgan fingerprint density at radius 3 is 2.47 bits per heavy atom. The molecule has 38 heavy (non-hydrogen) atoms. The first-order valence-electron chi connectivity index (χ1n) is 13.0. The van der Waals surface area contributed by atoms with Gasteiger partial charge in [-0.15, -0.1) is 0 Å². The van der Waals surface area contributed by atoms with Gasteiger partial charge in [-0.05, 0) is 56.9 Å². The van der Waals surface area contributed by atoms with Crippen molar-refractivity contribution in [1.82, 2.24) is 10.2 Å². The highest BCUT2D eigenvalue weighted by Gasteiger charge is 2.29. The van der Waals surface area contributed by atoms with Gasteiger partial charge in [0.25, 0.3) is 0 Å². The predicted octanol–water partition coefficient (Wildman–Crippen LogP) is 5.20. The lowest BCUT2D eigenvalue weighted by Gasteiger charge is -2.31. The zero-order chi connectivity index (χ0) is 27.9. The number of nitrogens with one attached hydrogen (secondary N) is 1. The van der Waals surface area contributed by atoms with Crippen LogP contribution in [0, 0.1) is 12.7 Å². The first kappa shape index (κ1) is 29.9. The van der Waals surface area contributed by atoms with E-state index in [4.69, 9.17) is 11.6 Å². The number of carbonyl (C=O) groups is 2. The molecule has 208 valence electrons. The molecule has 0 bridgehead atoms. The largest absolute Gasteiger partial charge is 0.352 e. The van der Waals surface area contributed by atoms with Crippen LogP contribution >= 0.6 is 11.6 Å². The van der Waals surface area contributed by atoms with Gasteiger partial charge in [-0.1, -0.05) is 55.1 Å². The third-order valence-electron chi connectivity index (χ3n) is 7.01. The molecule has 0 spiro atoms. The van der Waals surface area contributed by atoms with E-state index in [2.05, 4.69) is 5.32 Å². The molecule has 0 aliphatic heterocycles. The van der Waals surface area contributed by atoms with Crippen molar-refractivity contribution in [2.75, 3.05) is 17.1 Å². The third-order valence-corrected chi connectivity index (χ3v) is 8.42. The molecule has 1 saturated carbocycles. The molecular weight excluding hydrogens is 529 g/mol. The van der Waals surface area contributed by atoms with E-state index >= 15 is 0 Å². The van der Waals surface area contributed by atoms with Crippen LogP contribution in [0.5, 0.6) is 0 Å². The molecule has 10 heteroatoms. The number of hydrogen-bond acceptors (Lipinski definition) is 4. The van der Waals surface area contributed by atoms with Crippen molar-refractivity contribution in [2.45, 2.75) is 77.4 Å². The monoisotopic (exact) mass is 565 g/mol. The van der Waals surface area contributed by atoms with Crippen molar-refractivity contribution in [3.8, 4) is 0 Å². The summed E-state index contributed by atoms with van der Waals surface area (Å²) in [6, 6.07) is 10.4. The Bertz CT molecular complexity index is 1230. The SMILES string of the molecule is Cc1ccc(Cl)cc1N(CCCC(=O)N(Cc1ccccc1F)[C@H](C)C(=O)NC1CCCCC1)S(C)(=O)=O. The van der Waals surface area contributed by atoms with E-state index in [1.807, 2.05) is 0 Å². The van der Waals surface area contributed by atoms with Crippen LogP contribution in [0.2, 0.25) is 5.02 Å². The van der Waals surface area contributed by atoms with Gasteiger partial charge >= 0.3 is 0 Å². The van der Waals surface area contributed by atoms with E-state index in [-0.39, 0.29) is 43.8 Å². The summed E-state index contributed by atoms with van der Waals surface area (Å²) in [6.45, 7) is 3.43. The highest BCUT2D eigenvalue weighted by atomic mass is 35.5. The van der Waals surface area contributed by atoms with Gasteiger partial charge in [-0.3, -0.25) is 13.9 Å². The topological polar surface area (TPSA) is 86.8 Å². The fourth-order valence-electron chi connectivity index (χ4n) is 4.80. The zero-order valence-corrected chi connectivity index (χ0v) is 23.8. The van der Waals surface area contributed by atoms with Crippen LogP contribution in [0.4, 0.5) is 10.1 Å². The summed E-state index contributed by atoms with van der Waals surface area (Å²) in [5, 5.41) is 3.46. The van der Waals surface area contributed by atoms with Crippen LogP contribution in [0.25, 0.3) is 0 Å². The quantitative estimate of drug-likeness (QED) is 0.406. The molecule has 0 radical (unpaired) electrons. The minimum Gasteiger partial charge on any atom is -0.352 e. The number of carbonyl (C=O) groups excluding carboxylic acids is 2. The van der Waals surface area contributed by atoms with Crippen LogP contribution < -0.4 is 9.62 Å². The summed E-state index contributed by atoms with van der Waals surface area (Å²) in [6.07, 6.45) is 6.38. The molecule has 0 unspecified atom stereocenters. The lowest BCUT2D eigenvalue weighted by Crippen LogP contribution is -2.50. The summed E-state index contributed by atoms with van der Waals surface area (Å²) in [5.41, 5.74) is 1.50. The number of sulfonamides is 1. The number of halogens is 2. The maximum absolute atomic E-state index is 14.5. The Labute approximate surface area is 230 Å². The minimum absolute atomic E-state index is 0.0128. The number of hydrogen-bond donors (Lipinski definition) is 1. The molecule has 3 rings (SSSR count). The molecule has 2 aromatic carbocycles. The highest BCUT2D eigenvalue weighted by Crippen LogP contribution is 2.27. The van der Waals surface area contributed by atoms with Crippen molar-refractivity contribution in [1.29, 1.82) is 0 Å². The molecule has 0 heterocycles. The maximum atomic E-state index is 14.5. The van der Waals surface area contributed by atoms with E-state index in [0.717, 1.165) is 43.9 Å². The summed E-state index contributed by atoms with van der Waals surface area (Å²) in [5.74, 6) is -1.07. The smallest absolute Gasteiger partial charge is 0.242 e. The lowest BCUT2D eigenvalue weighted by atomic mass is 9.95. The predicted molar refractivity (Wildman–Crippen MR) is 149 cm³/mol. The first-order chi connectivity index (χ1) is 18.0. The van der Waals surface area contributed by atoms with Gasteiger partial charge in [0.1, 0.15) is 11.9 Å². The van der Waals surface area contributed by atoms with Crippen LogP contribution in [-0.2, 0) is 26.2 Å². The fraction of sp³-hybridized carbons (Fsp3) is 0.500. The van der Waals surface area contributed by atoms with Crippen LogP contribution in [0.3, 0.4) is 0 Å². The standard InChI is InChI=1S/C28H37ClFN3O4S/c1-20-15-16-23(29)18-26(20)33(38(3,36)37)17-9-14-27(34)32(19-22-10-7-8-13-25(22)30)21(2)28(35)31-24-11-5-4-6-12-24/h7-8,10,13,15-16,18,21,24H,4-6,9,11-12,14,17,19H2,1-3H3,(H,31,35)/t21-/m1/s1. The van der Waals surface area contributed by atoms with Crippen molar-refractivity contribution in [2.24, 2.45) is 0 Å². The molecule has 2 aromatic rings. The molecular formula is C28H37ClFN3O4S. The number of benzene rings is 2. The van der Waals surface area contributed by atoms with Crippen molar-refractivity contribution in [3.05, 3.63) is 64.4 Å². The number of rotatable bonds is 11. The molecule has 1 aliphatic rings. The molecule has 1 aliphatic carbocycles. The van der Waals surface area contributed by atoms with Crippen LogP contribution in [0.15, 0.2) is 42.5 Å². The molecule has 0 aromatic heterocycles. The number of nitrogens with zero attached hydrogens (tertiary/aromatic N) is 2. The Balaban J connectivity index is 1.75. The van der Waals surface area contributed by atoms with Gasteiger partial charge in [0.15, 0.2) is 0 Å². The molecule has 1 N–H and O–H groups in total. The van der Waals surface area contributed by atoms with Gasteiger partial charge in [0, 0.05) is 36.1 Å². The van der Waals surface area contributed by atoms with Crippen molar-refractivity contribution in [3.63, 3.8) is 0 Å². The van der Waals surface area contributed by atoms with E-state index in [1.165, 1.54) is 15.3 Å². The maximum Gasteiger partial charge on any atom is 0.242 e. The Morgan fingerprint density at radius 2 is 1.82 bits per heavy atom. The second-order valence-electron chi connectivity index (χ2n) is 10.0. The van der Waals surface area contributed by atoms with E-state index in [9.17, 15) is 22.4 Å². The van der Waals surface area contributed by atoms with Gasteiger partial charge in [0.2, 0.25) is 21.8 Å².